The second-order valence-electron chi connectivity index (χ2n) is 8.64. The van der Waals surface area contributed by atoms with Crippen molar-refractivity contribution in [3.05, 3.63) is 65.3 Å². The lowest BCUT2D eigenvalue weighted by atomic mass is 9.77. The predicted molar refractivity (Wildman–Crippen MR) is 127 cm³/mol. The third-order valence-corrected chi connectivity index (χ3v) is 6.58. The number of hydrogen-bond donors (Lipinski definition) is 2. The summed E-state index contributed by atoms with van der Waals surface area (Å²) in [6, 6.07) is 16.5. The first-order valence-corrected chi connectivity index (χ1v) is 11.7. The molecule has 0 radical (unpaired) electrons. The number of hydrogen-bond acceptors (Lipinski definition) is 4. The summed E-state index contributed by atoms with van der Waals surface area (Å²) in [5.41, 5.74) is 3.22. The van der Waals surface area contributed by atoms with Gasteiger partial charge in [-0.05, 0) is 67.7 Å². The van der Waals surface area contributed by atoms with E-state index in [1.165, 1.54) is 31.2 Å². The minimum Gasteiger partial charge on any atom is -0.481 e. The zero-order chi connectivity index (χ0) is 22.3. The maximum atomic E-state index is 10.6. The van der Waals surface area contributed by atoms with E-state index in [9.17, 15) is 4.79 Å². The summed E-state index contributed by atoms with van der Waals surface area (Å²) in [5.74, 6) is 1.40. The molecule has 1 heterocycles. The van der Waals surface area contributed by atoms with Gasteiger partial charge in [-0.1, -0.05) is 54.8 Å². The normalized spacial score (nSPS) is 18.4. The van der Waals surface area contributed by atoms with Crippen LogP contribution in [0.4, 0.5) is 11.7 Å². The van der Waals surface area contributed by atoms with Gasteiger partial charge in [0.25, 0.3) is 6.01 Å². The molecule has 0 unspecified atom stereocenters. The van der Waals surface area contributed by atoms with Crippen LogP contribution < -0.4 is 5.32 Å². The Hall–Kier alpha value is -2.79. The average molecular weight is 453 g/mol. The van der Waals surface area contributed by atoms with E-state index in [0.717, 1.165) is 42.2 Å². The predicted octanol–water partition coefficient (Wildman–Crippen LogP) is 7.66. The number of anilines is 2. The van der Waals surface area contributed by atoms with Gasteiger partial charge in [-0.2, -0.15) is 0 Å². The molecular weight excluding hydrogens is 424 g/mol. The fourth-order valence-electron chi connectivity index (χ4n) is 4.57. The first-order chi connectivity index (χ1) is 15.6. The van der Waals surface area contributed by atoms with E-state index in [4.69, 9.17) is 21.1 Å². The van der Waals surface area contributed by atoms with Gasteiger partial charge in [-0.25, -0.2) is 4.98 Å². The van der Waals surface area contributed by atoms with Gasteiger partial charge in [0.15, 0.2) is 5.76 Å². The van der Waals surface area contributed by atoms with Gasteiger partial charge in [0.05, 0.1) is 6.20 Å². The Kier molecular flexibility index (Phi) is 7.48. The summed E-state index contributed by atoms with van der Waals surface area (Å²) < 4.78 is 5.87. The molecular formula is C26H29ClN2O3. The van der Waals surface area contributed by atoms with Crippen molar-refractivity contribution in [3.63, 3.8) is 0 Å². The summed E-state index contributed by atoms with van der Waals surface area (Å²) >= 11 is 6.03. The number of rotatable bonds is 9. The highest BCUT2D eigenvalue weighted by Gasteiger charge is 2.22. The molecule has 4 rings (SSSR count). The number of nitrogens with zero attached hydrogens (tertiary/aromatic N) is 1. The van der Waals surface area contributed by atoms with Crippen LogP contribution in [0.3, 0.4) is 0 Å². The Labute approximate surface area is 193 Å². The number of aliphatic carboxylic acids is 1. The van der Waals surface area contributed by atoms with Crippen molar-refractivity contribution in [1.82, 2.24) is 4.98 Å². The van der Waals surface area contributed by atoms with Gasteiger partial charge in [-0.3, -0.25) is 4.79 Å². The molecule has 0 bridgehead atoms. The number of unbranched alkanes of at least 4 members (excludes halogenated alkanes) is 1. The van der Waals surface area contributed by atoms with E-state index in [1.807, 2.05) is 24.3 Å². The Morgan fingerprint density at radius 2 is 1.88 bits per heavy atom. The number of carbonyl (C=O) groups is 1. The molecule has 0 spiro atoms. The Bertz CT molecular complexity index is 1020. The molecule has 1 aliphatic rings. The third-order valence-electron chi connectivity index (χ3n) is 6.35. The number of carboxylic acids is 1. The molecule has 0 aliphatic heterocycles. The van der Waals surface area contributed by atoms with E-state index < -0.39 is 5.97 Å². The lowest BCUT2D eigenvalue weighted by Crippen LogP contribution is -2.13. The largest absolute Gasteiger partial charge is 0.481 e. The van der Waals surface area contributed by atoms with Crippen molar-refractivity contribution in [3.8, 4) is 11.3 Å². The van der Waals surface area contributed by atoms with Gasteiger partial charge in [0.2, 0.25) is 0 Å². The van der Waals surface area contributed by atoms with Crippen molar-refractivity contribution < 1.29 is 14.3 Å². The molecule has 2 aromatic carbocycles. The van der Waals surface area contributed by atoms with Crippen LogP contribution in [0, 0.1) is 5.92 Å². The van der Waals surface area contributed by atoms with Crippen LogP contribution in [0.15, 0.2) is 59.1 Å². The minimum atomic E-state index is -0.684. The monoisotopic (exact) mass is 452 g/mol. The molecule has 0 amide bonds. The molecule has 1 aliphatic carbocycles. The van der Waals surface area contributed by atoms with Crippen LogP contribution in [0.1, 0.15) is 62.8 Å². The molecule has 5 nitrogen and oxygen atoms in total. The quantitative estimate of drug-likeness (QED) is 0.326. The number of oxazole rings is 1. The molecule has 0 atom stereocenters. The minimum absolute atomic E-state index is 0.297. The topological polar surface area (TPSA) is 75.4 Å². The van der Waals surface area contributed by atoms with Crippen LogP contribution in [0.2, 0.25) is 5.02 Å². The van der Waals surface area contributed by atoms with Crippen LogP contribution in [0.25, 0.3) is 11.3 Å². The maximum Gasteiger partial charge on any atom is 0.303 e. The lowest BCUT2D eigenvalue weighted by Gasteiger charge is -2.29. The fourth-order valence-corrected chi connectivity index (χ4v) is 4.76. The number of aromatic nitrogens is 1. The summed E-state index contributed by atoms with van der Waals surface area (Å²) in [4.78, 5) is 15.0. The van der Waals surface area contributed by atoms with Crippen LogP contribution >= 0.6 is 11.6 Å². The summed E-state index contributed by atoms with van der Waals surface area (Å²) in [7, 11) is 0. The molecule has 1 fully saturated rings. The second kappa shape index (κ2) is 10.7. The highest BCUT2D eigenvalue weighted by atomic mass is 35.5. The van der Waals surface area contributed by atoms with Gasteiger partial charge in [0, 0.05) is 22.7 Å². The average Bonchev–Trinajstić information content (AvgIpc) is 3.26. The molecule has 0 saturated heterocycles. The van der Waals surface area contributed by atoms with E-state index in [1.54, 1.807) is 6.20 Å². The van der Waals surface area contributed by atoms with Gasteiger partial charge in [0.1, 0.15) is 0 Å². The van der Waals surface area contributed by atoms with Crippen LogP contribution in [0.5, 0.6) is 0 Å². The summed E-state index contributed by atoms with van der Waals surface area (Å²) in [6.45, 7) is 0. The molecule has 1 aromatic heterocycles. The SMILES string of the molecule is O=C(O)CCCCC1CCC(c2ccc(-c3cnc(Nc4cccc(Cl)c4)o3)cc2)CC1. The van der Waals surface area contributed by atoms with E-state index in [0.29, 0.717) is 23.4 Å². The van der Waals surface area contributed by atoms with Crippen LogP contribution in [-0.4, -0.2) is 16.1 Å². The smallest absolute Gasteiger partial charge is 0.303 e. The molecule has 32 heavy (non-hydrogen) atoms. The van der Waals surface area contributed by atoms with Crippen molar-refractivity contribution >= 4 is 29.3 Å². The Morgan fingerprint density at radius 3 is 2.59 bits per heavy atom. The molecule has 3 aromatic rings. The first kappa shape index (κ1) is 22.4. The highest BCUT2D eigenvalue weighted by Crippen LogP contribution is 2.38. The Balaban J connectivity index is 1.28. The van der Waals surface area contributed by atoms with E-state index >= 15 is 0 Å². The fraction of sp³-hybridized carbons (Fsp3) is 0.385. The van der Waals surface area contributed by atoms with Gasteiger partial charge in [-0.15, -0.1) is 0 Å². The number of carboxylic acid groups (broad SMARTS) is 1. The third kappa shape index (κ3) is 6.13. The van der Waals surface area contributed by atoms with Crippen LogP contribution in [-0.2, 0) is 4.79 Å². The lowest BCUT2D eigenvalue weighted by molar-refractivity contribution is -0.137. The molecule has 6 heteroatoms. The van der Waals surface area contributed by atoms with Crippen molar-refractivity contribution in [1.29, 1.82) is 0 Å². The molecule has 1 saturated carbocycles. The highest BCUT2D eigenvalue weighted by molar-refractivity contribution is 6.30. The number of nitrogens with one attached hydrogen (secondary N) is 1. The van der Waals surface area contributed by atoms with Crippen molar-refractivity contribution in [2.75, 3.05) is 5.32 Å². The van der Waals surface area contributed by atoms with Crippen molar-refractivity contribution in [2.45, 2.75) is 57.3 Å². The van der Waals surface area contributed by atoms with E-state index in [2.05, 4.69) is 34.6 Å². The number of halogens is 1. The molecule has 2 N–H and O–H groups in total. The van der Waals surface area contributed by atoms with Crippen molar-refractivity contribution in [2.24, 2.45) is 5.92 Å². The standard InChI is InChI=1S/C26H29ClN2O3/c27-22-5-3-6-23(16-22)29-26-28-17-24(32-26)21-14-12-20(13-15-21)19-10-8-18(9-11-19)4-1-2-7-25(30)31/h3,5-6,12-19H,1-2,4,7-11H2,(H,28,29)(H,30,31). The van der Waals surface area contributed by atoms with Gasteiger partial charge < -0.3 is 14.8 Å². The van der Waals surface area contributed by atoms with Gasteiger partial charge >= 0.3 is 5.97 Å². The number of benzene rings is 2. The summed E-state index contributed by atoms with van der Waals surface area (Å²) in [5, 5.41) is 12.5. The van der Waals surface area contributed by atoms with E-state index in [-0.39, 0.29) is 0 Å². The zero-order valence-electron chi connectivity index (χ0n) is 18.1. The molecule has 168 valence electrons. The Morgan fingerprint density at radius 1 is 1.09 bits per heavy atom. The maximum absolute atomic E-state index is 10.6. The second-order valence-corrected chi connectivity index (χ2v) is 9.08. The summed E-state index contributed by atoms with van der Waals surface area (Å²) in [6.07, 6.45) is 9.91. The zero-order valence-corrected chi connectivity index (χ0v) is 18.9. The first-order valence-electron chi connectivity index (χ1n) is 11.4.